The molecule has 0 bridgehead atoms. The summed E-state index contributed by atoms with van der Waals surface area (Å²) in [7, 11) is 0. The van der Waals surface area contributed by atoms with Crippen molar-refractivity contribution in [3.05, 3.63) is 81.4 Å². The molecule has 0 atom stereocenters. The predicted molar refractivity (Wildman–Crippen MR) is 133 cm³/mol. The Hall–Kier alpha value is -4.27. The number of esters is 1. The molecule has 0 aliphatic carbocycles. The second kappa shape index (κ2) is 9.77. The van der Waals surface area contributed by atoms with Crippen LogP contribution in [0.25, 0.3) is 10.8 Å². The van der Waals surface area contributed by atoms with Crippen LogP contribution in [-0.4, -0.2) is 53.8 Å². The fraction of sp³-hybridized carbons (Fsp3) is 0.296. The topological polar surface area (TPSA) is 110 Å². The molecule has 9 nitrogen and oxygen atoms in total. The van der Waals surface area contributed by atoms with Crippen LogP contribution in [0, 0.1) is 10.1 Å². The molecule has 0 saturated carbocycles. The molecule has 3 aromatic rings. The zero-order valence-electron chi connectivity index (χ0n) is 19.6. The van der Waals surface area contributed by atoms with Crippen LogP contribution in [0.4, 0.5) is 11.4 Å². The van der Waals surface area contributed by atoms with Gasteiger partial charge in [0.15, 0.2) is 0 Å². The van der Waals surface area contributed by atoms with Crippen molar-refractivity contribution in [1.82, 2.24) is 4.90 Å². The molecule has 2 aliphatic heterocycles. The van der Waals surface area contributed by atoms with Gasteiger partial charge in [-0.1, -0.05) is 24.3 Å². The van der Waals surface area contributed by atoms with E-state index < -0.39 is 10.9 Å². The Morgan fingerprint density at radius 1 is 0.917 bits per heavy atom. The lowest BCUT2D eigenvalue weighted by Crippen LogP contribution is -2.41. The van der Waals surface area contributed by atoms with Crippen molar-refractivity contribution in [3.8, 4) is 0 Å². The Balaban J connectivity index is 1.30. The van der Waals surface area contributed by atoms with Crippen molar-refractivity contribution in [2.45, 2.75) is 25.7 Å². The summed E-state index contributed by atoms with van der Waals surface area (Å²) in [4.78, 5) is 52.9. The number of ether oxygens (including phenoxy) is 1. The van der Waals surface area contributed by atoms with E-state index in [9.17, 15) is 24.5 Å². The maximum Gasteiger partial charge on any atom is 0.345 e. The van der Waals surface area contributed by atoms with Gasteiger partial charge in [0.1, 0.15) is 5.56 Å². The van der Waals surface area contributed by atoms with E-state index in [2.05, 4.69) is 4.90 Å². The standard InChI is InChI=1S/C27H25N3O6/c31-25-20-10-6-9-18-22(28-14-4-1-5-15-28)13-12-21(24(18)20)26(32)29(25)16-7-17-36-27(33)19-8-2-3-11-23(19)30(34)35/h2-3,6,8-13H,1,4-5,7,14-17H2. The van der Waals surface area contributed by atoms with Crippen LogP contribution in [0.5, 0.6) is 0 Å². The molecule has 2 aliphatic rings. The Bertz CT molecular complexity index is 1360. The van der Waals surface area contributed by atoms with Crippen LogP contribution in [-0.2, 0) is 4.74 Å². The first-order chi connectivity index (χ1) is 17.5. The van der Waals surface area contributed by atoms with Gasteiger partial charge in [-0.25, -0.2) is 4.79 Å². The smallest absolute Gasteiger partial charge is 0.345 e. The van der Waals surface area contributed by atoms with Gasteiger partial charge in [-0.3, -0.25) is 24.6 Å². The fourth-order valence-corrected chi connectivity index (χ4v) is 5.02. The van der Waals surface area contributed by atoms with Crippen molar-refractivity contribution < 1.29 is 24.0 Å². The minimum absolute atomic E-state index is 0.0610. The van der Waals surface area contributed by atoms with Crippen molar-refractivity contribution in [2.24, 2.45) is 0 Å². The van der Waals surface area contributed by atoms with Gasteiger partial charge >= 0.3 is 5.97 Å². The lowest BCUT2D eigenvalue weighted by molar-refractivity contribution is -0.385. The number of amides is 2. The molecule has 9 heteroatoms. The van der Waals surface area contributed by atoms with Crippen molar-refractivity contribution in [1.29, 1.82) is 0 Å². The van der Waals surface area contributed by atoms with E-state index in [1.165, 1.54) is 35.6 Å². The quantitative estimate of drug-likeness (QED) is 0.158. The number of rotatable bonds is 7. The lowest BCUT2D eigenvalue weighted by atomic mass is 9.92. The normalized spacial score (nSPS) is 15.3. The lowest BCUT2D eigenvalue weighted by Gasteiger charge is -2.32. The molecular formula is C27H25N3O6. The fourth-order valence-electron chi connectivity index (χ4n) is 5.02. The second-order valence-electron chi connectivity index (χ2n) is 8.93. The Morgan fingerprint density at radius 3 is 2.39 bits per heavy atom. The number of carbonyl (C=O) groups excluding carboxylic acids is 3. The number of benzene rings is 3. The third kappa shape index (κ3) is 4.17. The summed E-state index contributed by atoms with van der Waals surface area (Å²) < 4.78 is 5.19. The first kappa shape index (κ1) is 23.5. The van der Waals surface area contributed by atoms with Crippen LogP contribution < -0.4 is 4.90 Å². The summed E-state index contributed by atoms with van der Waals surface area (Å²) in [6.45, 7) is 1.88. The number of hydrogen-bond acceptors (Lipinski definition) is 7. The first-order valence-corrected chi connectivity index (χ1v) is 12.0. The van der Waals surface area contributed by atoms with Gasteiger partial charge in [-0.2, -0.15) is 0 Å². The van der Waals surface area contributed by atoms with E-state index in [1.54, 1.807) is 12.1 Å². The van der Waals surface area contributed by atoms with E-state index in [-0.39, 0.29) is 42.6 Å². The number of nitro benzene ring substituents is 1. The average molecular weight is 488 g/mol. The summed E-state index contributed by atoms with van der Waals surface area (Å²) in [6.07, 6.45) is 3.66. The number of imide groups is 1. The second-order valence-corrected chi connectivity index (χ2v) is 8.93. The van der Waals surface area contributed by atoms with Gasteiger partial charge in [-0.15, -0.1) is 0 Å². The Morgan fingerprint density at radius 2 is 1.64 bits per heavy atom. The molecule has 3 aromatic carbocycles. The Labute approximate surface area is 207 Å². The highest BCUT2D eigenvalue weighted by molar-refractivity contribution is 6.26. The van der Waals surface area contributed by atoms with Crippen molar-refractivity contribution in [3.63, 3.8) is 0 Å². The summed E-state index contributed by atoms with van der Waals surface area (Å²) in [5.74, 6) is -1.57. The first-order valence-electron chi connectivity index (χ1n) is 12.0. The summed E-state index contributed by atoms with van der Waals surface area (Å²) >= 11 is 0. The van der Waals surface area contributed by atoms with E-state index in [0.717, 1.165) is 37.0 Å². The molecule has 0 aromatic heterocycles. The number of nitrogens with zero attached hydrogens (tertiary/aromatic N) is 3. The highest BCUT2D eigenvalue weighted by Crippen LogP contribution is 2.37. The maximum absolute atomic E-state index is 13.3. The molecule has 36 heavy (non-hydrogen) atoms. The largest absolute Gasteiger partial charge is 0.462 e. The van der Waals surface area contributed by atoms with Crippen LogP contribution in [0.15, 0.2) is 54.6 Å². The summed E-state index contributed by atoms with van der Waals surface area (Å²) in [6, 6.07) is 14.9. The molecule has 2 heterocycles. The van der Waals surface area contributed by atoms with Gasteiger partial charge in [-0.05, 0) is 49.9 Å². The molecular weight excluding hydrogens is 462 g/mol. The molecule has 184 valence electrons. The Kier molecular flexibility index (Phi) is 6.37. The van der Waals surface area contributed by atoms with Gasteiger partial charge in [0.2, 0.25) is 0 Å². The van der Waals surface area contributed by atoms with E-state index in [1.807, 2.05) is 18.2 Å². The summed E-state index contributed by atoms with van der Waals surface area (Å²) in [5.41, 5.74) is 1.54. The highest BCUT2D eigenvalue weighted by atomic mass is 16.6. The number of anilines is 1. The predicted octanol–water partition coefficient (Wildman–Crippen LogP) is 4.58. The van der Waals surface area contributed by atoms with Crippen LogP contribution >= 0.6 is 0 Å². The van der Waals surface area contributed by atoms with Crippen LogP contribution in [0.1, 0.15) is 56.8 Å². The van der Waals surface area contributed by atoms with Crippen LogP contribution in [0.2, 0.25) is 0 Å². The molecule has 2 amide bonds. The summed E-state index contributed by atoms with van der Waals surface area (Å²) in [5, 5.41) is 12.7. The molecule has 0 N–H and O–H groups in total. The van der Waals surface area contributed by atoms with Gasteiger partial charge in [0.25, 0.3) is 17.5 Å². The SMILES string of the molecule is O=C(OCCCN1C(=O)c2cccc3c(N4CCCCC4)ccc(c23)C1=O)c1ccccc1[N+](=O)[O-]. The number of piperidine rings is 1. The molecule has 0 spiro atoms. The minimum Gasteiger partial charge on any atom is -0.462 e. The molecule has 5 rings (SSSR count). The molecule has 0 radical (unpaired) electrons. The molecule has 0 unspecified atom stereocenters. The number of nitro groups is 1. The van der Waals surface area contributed by atoms with E-state index in [0.29, 0.717) is 16.5 Å². The highest BCUT2D eigenvalue weighted by Gasteiger charge is 2.33. The molecule has 1 saturated heterocycles. The zero-order chi connectivity index (χ0) is 25.2. The average Bonchev–Trinajstić information content (AvgIpc) is 2.91. The zero-order valence-corrected chi connectivity index (χ0v) is 19.6. The van der Waals surface area contributed by atoms with Crippen molar-refractivity contribution in [2.75, 3.05) is 31.1 Å². The van der Waals surface area contributed by atoms with Gasteiger partial charge < -0.3 is 9.64 Å². The maximum atomic E-state index is 13.3. The number of para-hydroxylation sites is 1. The van der Waals surface area contributed by atoms with E-state index in [4.69, 9.17) is 4.74 Å². The number of hydrogen-bond donors (Lipinski definition) is 0. The third-order valence-corrected chi connectivity index (χ3v) is 6.75. The van der Waals surface area contributed by atoms with Gasteiger partial charge in [0, 0.05) is 53.3 Å². The third-order valence-electron chi connectivity index (χ3n) is 6.75. The minimum atomic E-state index is -0.820. The monoisotopic (exact) mass is 487 g/mol. The van der Waals surface area contributed by atoms with Crippen LogP contribution in [0.3, 0.4) is 0 Å². The van der Waals surface area contributed by atoms with Crippen molar-refractivity contribution >= 4 is 39.9 Å². The molecule has 1 fully saturated rings. The van der Waals surface area contributed by atoms with E-state index >= 15 is 0 Å². The van der Waals surface area contributed by atoms with Gasteiger partial charge in [0.05, 0.1) is 11.5 Å². The number of carbonyl (C=O) groups is 3.